The van der Waals surface area contributed by atoms with Crippen molar-refractivity contribution in [2.45, 2.75) is 58.1 Å². The lowest BCUT2D eigenvalue weighted by molar-refractivity contribution is 0.00165. The van der Waals surface area contributed by atoms with Crippen LogP contribution in [0, 0.1) is 5.41 Å². The van der Waals surface area contributed by atoms with Crippen molar-refractivity contribution in [2.75, 3.05) is 13.1 Å². The molecule has 1 spiro atoms. The molecule has 1 saturated carbocycles. The number of rotatable bonds is 1. The number of ether oxygens (including phenoxy) is 1. The van der Waals surface area contributed by atoms with Crippen molar-refractivity contribution in [3.63, 3.8) is 0 Å². The van der Waals surface area contributed by atoms with Crippen molar-refractivity contribution in [3.05, 3.63) is 0 Å². The molecule has 1 aliphatic heterocycles. The SMILES string of the molecule is CC(C)(C)OC(=O)N1CC2(CCC1CN)CC2. The molecule has 1 aliphatic carbocycles. The quantitative estimate of drug-likeness (QED) is 0.764. The Labute approximate surface area is 103 Å². The van der Waals surface area contributed by atoms with Gasteiger partial charge in [-0.2, -0.15) is 0 Å². The summed E-state index contributed by atoms with van der Waals surface area (Å²) in [7, 11) is 0. The Hall–Kier alpha value is -0.770. The summed E-state index contributed by atoms with van der Waals surface area (Å²) in [5, 5.41) is 0. The fraction of sp³-hybridized carbons (Fsp3) is 0.923. The lowest BCUT2D eigenvalue weighted by atomic mass is 9.90. The molecule has 0 aromatic rings. The summed E-state index contributed by atoms with van der Waals surface area (Å²) in [6.45, 7) is 7.08. The Kier molecular flexibility index (Phi) is 3.10. The minimum atomic E-state index is -0.426. The second kappa shape index (κ2) is 4.16. The number of likely N-dealkylation sites (tertiary alicyclic amines) is 1. The van der Waals surface area contributed by atoms with E-state index >= 15 is 0 Å². The largest absolute Gasteiger partial charge is 0.444 e. The van der Waals surface area contributed by atoms with E-state index in [0.29, 0.717) is 12.0 Å². The van der Waals surface area contributed by atoms with E-state index in [1.165, 1.54) is 19.3 Å². The Morgan fingerprint density at radius 2 is 2.06 bits per heavy atom. The summed E-state index contributed by atoms with van der Waals surface area (Å²) in [4.78, 5) is 14.0. The number of piperidine rings is 1. The van der Waals surface area contributed by atoms with Crippen molar-refractivity contribution < 1.29 is 9.53 Å². The van der Waals surface area contributed by atoms with Crippen molar-refractivity contribution in [3.8, 4) is 0 Å². The Morgan fingerprint density at radius 1 is 1.41 bits per heavy atom. The summed E-state index contributed by atoms with van der Waals surface area (Å²) in [5.74, 6) is 0. The van der Waals surface area contributed by atoms with E-state index in [0.717, 1.165) is 13.0 Å². The van der Waals surface area contributed by atoms with Crippen LogP contribution in [0.2, 0.25) is 0 Å². The molecular weight excluding hydrogens is 216 g/mol. The van der Waals surface area contributed by atoms with Crippen LogP contribution in [0.5, 0.6) is 0 Å². The summed E-state index contributed by atoms with van der Waals surface area (Å²) >= 11 is 0. The van der Waals surface area contributed by atoms with E-state index in [-0.39, 0.29) is 12.1 Å². The van der Waals surface area contributed by atoms with Gasteiger partial charge in [0.05, 0.1) is 0 Å². The minimum Gasteiger partial charge on any atom is -0.444 e. The minimum absolute atomic E-state index is 0.163. The predicted molar refractivity (Wildman–Crippen MR) is 66.7 cm³/mol. The summed E-state index contributed by atoms with van der Waals surface area (Å²) in [6, 6.07) is 0.163. The molecule has 1 heterocycles. The number of hydrogen-bond acceptors (Lipinski definition) is 3. The van der Waals surface area contributed by atoms with Crippen LogP contribution in [0.3, 0.4) is 0 Å². The van der Waals surface area contributed by atoms with E-state index < -0.39 is 5.60 Å². The molecule has 2 rings (SSSR count). The van der Waals surface area contributed by atoms with E-state index in [1.807, 2.05) is 25.7 Å². The second-order valence-corrected chi connectivity index (χ2v) is 6.54. The third kappa shape index (κ3) is 2.92. The first-order valence-corrected chi connectivity index (χ1v) is 6.55. The number of carbonyl (C=O) groups is 1. The molecule has 2 fully saturated rings. The van der Waals surface area contributed by atoms with Crippen molar-refractivity contribution in [1.82, 2.24) is 4.90 Å². The molecule has 2 N–H and O–H groups in total. The topological polar surface area (TPSA) is 55.6 Å². The molecular formula is C13H24N2O2. The molecule has 4 heteroatoms. The van der Waals surface area contributed by atoms with Gasteiger partial charge in [-0.15, -0.1) is 0 Å². The van der Waals surface area contributed by atoms with Crippen LogP contribution in [-0.4, -0.2) is 35.7 Å². The maximum Gasteiger partial charge on any atom is 0.410 e. The van der Waals surface area contributed by atoms with Gasteiger partial charge in [0, 0.05) is 19.1 Å². The van der Waals surface area contributed by atoms with Gasteiger partial charge >= 0.3 is 6.09 Å². The second-order valence-electron chi connectivity index (χ2n) is 6.54. The average molecular weight is 240 g/mol. The van der Waals surface area contributed by atoms with E-state index in [2.05, 4.69) is 0 Å². The maximum atomic E-state index is 12.1. The van der Waals surface area contributed by atoms with Gasteiger partial charge in [0.1, 0.15) is 5.60 Å². The molecule has 1 atom stereocenters. The van der Waals surface area contributed by atoms with Gasteiger partial charge in [0.2, 0.25) is 0 Å². The molecule has 17 heavy (non-hydrogen) atoms. The highest BCUT2D eigenvalue weighted by Gasteiger charge is 2.49. The Balaban J connectivity index is 2.02. The molecule has 4 nitrogen and oxygen atoms in total. The highest BCUT2D eigenvalue weighted by Crippen LogP contribution is 2.53. The Morgan fingerprint density at radius 3 is 2.53 bits per heavy atom. The molecule has 1 amide bonds. The summed E-state index contributed by atoms with van der Waals surface area (Å²) in [5.41, 5.74) is 5.73. The van der Waals surface area contributed by atoms with Crippen LogP contribution in [0.4, 0.5) is 4.79 Å². The normalized spacial score (nSPS) is 27.1. The molecule has 1 unspecified atom stereocenters. The molecule has 0 radical (unpaired) electrons. The smallest absolute Gasteiger partial charge is 0.410 e. The number of nitrogens with two attached hydrogens (primary N) is 1. The van der Waals surface area contributed by atoms with Crippen LogP contribution in [0.25, 0.3) is 0 Å². The van der Waals surface area contributed by atoms with E-state index in [9.17, 15) is 4.79 Å². The first kappa shape index (κ1) is 12.7. The van der Waals surface area contributed by atoms with Crippen LogP contribution in [0.1, 0.15) is 46.5 Å². The zero-order valence-corrected chi connectivity index (χ0v) is 11.2. The van der Waals surface area contributed by atoms with Crippen LogP contribution < -0.4 is 5.73 Å². The first-order chi connectivity index (χ1) is 7.85. The molecule has 0 aromatic heterocycles. The van der Waals surface area contributed by atoms with Gasteiger partial charge in [-0.3, -0.25) is 0 Å². The predicted octanol–water partition coefficient (Wildman–Crippen LogP) is 2.12. The first-order valence-electron chi connectivity index (χ1n) is 6.55. The van der Waals surface area contributed by atoms with Crippen LogP contribution in [-0.2, 0) is 4.74 Å². The van der Waals surface area contributed by atoms with Crippen LogP contribution >= 0.6 is 0 Å². The lowest BCUT2D eigenvalue weighted by Gasteiger charge is -2.40. The molecule has 1 saturated heterocycles. The molecule has 0 aromatic carbocycles. The van der Waals surface area contributed by atoms with Gasteiger partial charge in [-0.05, 0) is 51.9 Å². The van der Waals surface area contributed by atoms with Crippen molar-refractivity contribution in [1.29, 1.82) is 0 Å². The molecule has 2 aliphatic rings. The van der Waals surface area contributed by atoms with Crippen LogP contribution in [0.15, 0.2) is 0 Å². The van der Waals surface area contributed by atoms with Gasteiger partial charge in [0.15, 0.2) is 0 Å². The number of carbonyl (C=O) groups excluding carboxylic acids is 1. The maximum absolute atomic E-state index is 12.1. The average Bonchev–Trinajstić information content (AvgIpc) is 2.95. The zero-order chi connectivity index (χ0) is 12.7. The highest BCUT2D eigenvalue weighted by molar-refractivity contribution is 5.69. The fourth-order valence-electron chi connectivity index (χ4n) is 2.56. The Bertz CT molecular complexity index is 305. The van der Waals surface area contributed by atoms with E-state index in [4.69, 9.17) is 10.5 Å². The summed E-state index contributed by atoms with van der Waals surface area (Å²) in [6.07, 6.45) is 4.55. The zero-order valence-electron chi connectivity index (χ0n) is 11.2. The number of hydrogen-bond donors (Lipinski definition) is 1. The number of amides is 1. The van der Waals surface area contributed by atoms with E-state index in [1.54, 1.807) is 0 Å². The fourth-order valence-corrected chi connectivity index (χ4v) is 2.56. The monoisotopic (exact) mass is 240 g/mol. The van der Waals surface area contributed by atoms with Crippen molar-refractivity contribution in [2.24, 2.45) is 11.1 Å². The van der Waals surface area contributed by atoms with Gasteiger partial charge in [-0.25, -0.2) is 4.79 Å². The van der Waals surface area contributed by atoms with Gasteiger partial charge in [-0.1, -0.05) is 0 Å². The molecule has 0 bridgehead atoms. The third-order valence-electron chi connectivity index (χ3n) is 3.81. The highest BCUT2D eigenvalue weighted by atomic mass is 16.6. The summed E-state index contributed by atoms with van der Waals surface area (Å²) < 4.78 is 5.46. The lowest BCUT2D eigenvalue weighted by Crippen LogP contribution is -2.52. The van der Waals surface area contributed by atoms with Gasteiger partial charge in [0.25, 0.3) is 0 Å². The van der Waals surface area contributed by atoms with Gasteiger partial charge < -0.3 is 15.4 Å². The third-order valence-corrected chi connectivity index (χ3v) is 3.81. The molecule has 98 valence electrons. The van der Waals surface area contributed by atoms with Crippen molar-refractivity contribution >= 4 is 6.09 Å². The standard InChI is InChI=1S/C13H24N2O2/c1-12(2,3)17-11(16)15-9-13(6-7-13)5-4-10(15)8-14/h10H,4-9,14H2,1-3H3. The number of nitrogens with zero attached hydrogens (tertiary/aromatic N) is 1.